The third kappa shape index (κ3) is 4.81. The van der Waals surface area contributed by atoms with Crippen molar-refractivity contribution < 1.29 is 5.11 Å². The highest BCUT2D eigenvalue weighted by atomic mass is 16.3. The molecule has 1 atom stereocenters. The molecular weight excluding hydrogens is 200 g/mol. The van der Waals surface area contributed by atoms with Crippen LogP contribution < -0.4 is 5.32 Å². The van der Waals surface area contributed by atoms with Crippen molar-refractivity contribution in [3.63, 3.8) is 0 Å². The van der Waals surface area contributed by atoms with Gasteiger partial charge >= 0.3 is 0 Å². The van der Waals surface area contributed by atoms with Gasteiger partial charge in [-0.1, -0.05) is 19.3 Å². The standard InChI is InChI=1S/C13H28N2O/c1-13(12-16,14-2)8-11-15-9-6-4-3-5-7-10-15/h14,16H,3-12H2,1-2H3. The van der Waals surface area contributed by atoms with Gasteiger partial charge in [0.05, 0.1) is 6.61 Å². The fourth-order valence-electron chi connectivity index (χ4n) is 2.22. The number of likely N-dealkylation sites (N-methyl/N-ethyl adjacent to an activating group) is 1. The van der Waals surface area contributed by atoms with Gasteiger partial charge in [0, 0.05) is 5.54 Å². The van der Waals surface area contributed by atoms with Gasteiger partial charge in [-0.05, 0) is 52.9 Å². The molecule has 16 heavy (non-hydrogen) atoms. The zero-order chi connectivity index (χ0) is 11.9. The Morgan fingerprint density at radius 2 is 1.69 bits per heavy atom. The van der Waals surface area contributed by atoms with Crippen molar-refractivity contribution in [2.75, 3.05) is 33.3 Å². The number of likely N-dealkylation sites (tertiary alicyclic amines) is 1. The Kier molecular flexibility index (Phi) is 6.32. The van der Waals surface area contributed by atoms with Crippen molar-refractivity contribution in [3.05, 3.63) is 0 Å². The van der Waals surface area contributed by atoms with Crippen LogP contribution >= 0.6 is 0 Å². The first-order valence-corrected chi connectivity index (χ1v) is 6.72. The van der Waals surface area contributed by atoms with Crippen LogP contribution in [0.4, 0.5) is 0 Å². The van der Waals surface area contributed by atoms with Crippen LogP contribution in [0, 0.1) is 0 Å². The Morgan fingerprint density at radius 1 is 1.12 bits per heavy atom. The van der Waals surface area contributed by atoms with E-state index >= 15 is 0 Å². The molecule has 0 aromatic rings. The van der Waals surface area contributed by atoms with E-state index in [1.54, 1.807) is 0 Å². The van der Waals surface area contributed by atoms with Crippen molar-refractivity contribution >= 4 is 0 Å². The molecule has 1 aliphatic heterocycles. The van der Waals surface area contributed by atoms with Crippen molar-refractivity contribution in [1.29, 1.82) is 0 Å². The Labute approximate surface area is 100 Å². The molecule has 0 amide bonds. The lowest BCUT2D eigenvalue weighted by Gasteiger charge is -2.31. The Morgan fingerprint density at radius 3 is 2.19 bits per heavy atom. The first kappa shape index (κ1) is 13.9. The van der Waals surface area contributed by atoms with Gasteiger partial charge in [0.25, 0.3) is 0 Å². The molecule has 1 unspecified atom stereocenters. The van der Waals surface area contributed by atoms with Gasteiger partial charge in [-0.25, -0.2) is 0 Å². The summed E-state index contributed by atoms with van der Waals surface area (Å²) >= 11 is 0. The summed E-state index contributed by atoms with van der Waals surface area (Å²) < 4.78 is 0. The molecule has 0 bridgehead atoms. The topological polar surface area (TPSA) is 35.5 Å². The molecule has 2 N–H and O–H groups in total. The van der Waals surface area contributed by atoms with Crippen LogP contribution in [0.15, 0.2) is 0 Å². The molecule has 0 aromatic heterocycles. The average molecular weight is 228 g/mol. The normalized spacial score (nSPS) is 23.4. The third-order valence-corrected chi connectivity index (χ3v) is 3.88. The van der Waals surface area contributed by atoms with E-state index in [-0.39, 0.29) is 12.1 Å². The molecule has 1 fully saturated rings. The fraction of sp³-hybridized carbons (Fsp3) is 1.00. The number of nitrogens with one attached hydrogen (secondary N) is 1. The molecule has 1 aliphatic rings. The Balaban J connectivity index is 2.28. The van der Waals surface area contributed by atoms with E-state index in [2.05, 4.69) is 17.1 Å². The molecular formula is C13H28N2O. The molecule has 3 nitrogen and oxygen atoms in total. The molecule has 0 saturated carbocycles. The molecule has 1 heterocycles. The Bertz CT molecular complexity index is 173. The van der Waals surface area contributed by atoms with Crippen molar-refractivity contribution in [2.45, 2.75) is 51.0 Å². The monoisotopic (exact) mass is 228 g/mol. The second-order valence-electron chi connectivity index (χ2n) is 5.33. The van der Waals surface area contributed by atoms with Crippen molar-refractivity contribution in [3.8, 4) is 0 Å². The summed E-state index contributed by atoms with van der Waals surface area (Å²) in [5, 5.41) is 12.6. The van der Waals surface area contributed by atoms with Crippen molar-refractivity contribution in [2.24, 2.45) is 0 Å². The maximum Gasteiger partial charge on any atom is 0.0610 e. The second-order valence-corrected chi connectivity index (χ2v) is 5.33. The number of aliphatic hydroxyl groups is 1. The average Bonchev–Trinajstić information content (AvgIpc) is 2.27. The minimum atomic E-state index is -0.109. The first-order chi connectivity index (χ1) is 7.70. The lowest BCUT2D eigenvalue weighted by Crippen LogP contribution is -2.46. The molecule has 0 spiro atoms. The maximum absolute atomic E-state index is 9.33. The second kappa shape index (κ2) is 7.25. The quantitative estimate of drug-likeness (QED) is 0.750. The largest absolute Gasteiger partial charge is 0.394 e. The molecule has 0 aliphatic carbocycles. The molecule has 1 saturated heterocycles. The highest BCUT2D eigenvalue weighted by Gasteiger charge is 2.21. The summed E-state index contributed by atoms with van der Waals surface area (Å²) in [5.41, 5.74) is -0.109. The predicted octanol–water partition coefficient (Wildman–Crippen LogP) is 1.61. The molecule has 1 rings (SSSR count). The number of aliphatic hydroxyl groups excluding tert-OH is 1. The minimum absolute atomic E-state index is 0.109. The molecule has 3 heteroatoms. The number of hydrogen-bond donors (Lipinski definition) is 2. The summed E-state index contributed by atoms with van der Waals surface area (Å²) in [4.78, 5) is 2.56. The van der Waals surface area contributed by atoms with Crippen molar-refractivity contribution in [1.82, 2.24) is 10.2 Å². The van der Waals surface area contributed by atoms with E-state index in [1.165, 1.54) is 45.2 Å². The molecule has 96 valence electrons. The van der Waals surface area contributed by atoms with Crippen LogP contribution in [0.25, 0.3) is 0 Å². The van der Waals surface area contributed by atoms with Gasteiger partial charge in [0.1, 0.15) is 0 Å². The highest BCUT2D eigenvalue weighted by Crippen LogP contribution is 2.13. The SMILES string of the molecule is CNC(C)(CO)CCN1CCCCCCC1. The lowest BCUT2D eigenvalue weighted by molar-refractivity contribution is 0.148. The molecule has 0 aromatic carbocycles. The zero-order valence-corrected chi connectivity index (χ0v) is 11.0. The lowest BCUT2D eigenvalue weighted by atomic mass is 9.98. The van der Waals surface area contributed by atoms with Crippen LogP contribution in [0.1, 0.15) is 45.4 Å². The van der Waals surface area contributed by atoms with Crippen LogP contribution in [0.5, 0.6) is 0 Å². The van der Waals surface area contributed by atoms with E-state index in [9.17, 15) is 5.11 Å². The fourth-order valence-corrected chi connectivity index (χ4v) is 2.22. The van der Waals surface area contributed by atoms with Gasteiger partial charge in [0.2, 0.25) is 0 Å². The van der Waals surface area contributed by atoms with Crippen LogP contribution in [0.3, 0.4) is 0 Å². The van der Waals surface area contributed by atoms with Gasteiger partial charge in [-0.3, -0.25) is 0 Å². The number of rotatable bonds is 5. The van der Waals surface area contributed by atoms with Gasteiger partial charge < -0.3 is 15.3 Å². The number of hydrogen-bond acceptors (Lipinski definition) is 3. The summed E-state index contributed by atoms with van der Waals surface area (Å²) in [5.74, 6) is 0. The summed E-state index contributed by atoms with van der Waals surface area (Å²) in [6.07, 6.45) is 7.91. The third-order valence-electron chi connectivity index (χ3n) is 3.88. The predicted molar refractivity (Wildman–Crippen MR) is 68.7 cm³/mol. The highest BCUT2D eigenvalue weighted by molar-refractivity contribution is 4.82. The minimum Gasteiger partial charge on any atom is -0.394 e. The smallest absolute Gasteiger partial charge is 0.0610 e. The van der Waals surface area contributed by atoms with Gasteiger partial charge in [-0.2, -0.15) is 0 Å². The molecule has 0 radical (unpaired) electrons. The summed E-state index contributed by atoms with van der Waals surface area (Å²) in [6.45, 7) is 5.91. The maximum atomic E-state index is 9.33. The van der Waals surface area contributed by atoms with Crippen LogP contribution in [0.2, 0.25) is 0 Å². The van der Waals surface area contributed by atoms with Crippen LogP contribution in [-0.4, -0.2) is 48.8 Å². The van der Waals surface area contributed by atoms with E-state index in [0.717, 1.165) is 13.0 Å². The number of nitrogens with zero attached hydrogens (tertiary/aromatic N) is 1. The van der Waals surface area contributed by atoms with E-state index in [0.29, 0.717) is 0 Å². The van der Waals surface area contributed by atoms with Gasteiger partial charge in [-0.15, -0.1) is 0 Å². The van der Waals surface area contributed by atoms with E-state index in [4.69, 9.17) is 0 Å². The summed E-state index contributed by atoms with van der Waals surface area (Å²) in [6, 6.07) is 0. The van der Waals surface area contributed by atoms with Crippen LogP contribution in [-0.2, 0) is 0 Å². The van der Waals surface area contributed by atoms with E-state index < -0.39 is 0 Å². The zero-order valence-electron chi connectivity index (χ0n) is 11.0. The van der Waals surface area contributed by atoms with E-state index in [1.807, 2.05) is 7.05 Å². The first-order valence-electron chi connectivity index (χ1n) is 6.72. The summed E-state index contributed by atoms with van der Waals surface area (Å²) in [7, 11) is 1.93. The van der Waals surface area contributed by atoms with Gasteiger partial charge in [0.15, 0.2) is 0 Å². The Hall–Kier alpha value is -0.120.